The Morgan fingerprint density at radius 2 is 1.55 bits per heavy atom. The zero-order valence-electron chi connectivity index (χ0n) is 17.7. The molecule has 0 saturated heterocycles. The Bertz CT molecular complexity index is 1120. The van der Waals surface area contributed by atoms with E-state index in [9.17, 15) is 14.4 Å². The van der Waals surface area contributed by atoms with Crippen LogP contribution >= 0.6 is 0 Å². The molecule has 1 heterocycles. The number of carbonyl (C=O) groups is 2. The molecule has 0 N–H and O–H groups in total. The average molecular weight is 420 g/mol. The summed E-state index contributed by atoms with van der Waals surface area (Å²) in [4.78, 5) is 38.2. The van der Waals surface area contributed by atoms with Crippen molar-refractivity contribution < 1.29 is 19.1 Å². The highest BCUT2D eigenvalue weighted by molar-refractivity contribution is 6.00. The van der Waals surface area contributed by atoms with Gasteiger partial charge in [0, 0.05) is 11.1 Å². The second-order valence-electron chi connectivity index (χ2n) is 7.36. The van der Waals surface area contributed by atoms with E-state index < -0.39 is 24.0 Å². The molecule has 0 amide bonds. The lowest BCUT2D eigenvalue weighted by atomic mass is 9.95. The Hall–Kier alpha value is -3.74. The predicted octanol–water partition coefficient (Wildman–Crippen LogP) is 3.56. The molecule has 0 unspecified atom stereocenters. The molecule has 0 atom stereocenters. The number of aromatic nitrogens is 2. The molecular formula is C24H24N2O5. The van der Waals surface area contributed by atoms with Crippen molar-refractivity contribution in [3.8, 4) is 22.4 Å². The van der Waals surface area contributed by atoms with Crippen molar-refractivity contribution in [3.05, 3.63) is 76.6 Å². The first-order chi connectivity index (χ1) is 14.9. The van der Waals surface area contributed by atoms with Crippen molar-refractivity contribution in [2.45, 2.75) is 20.4 Å². The van der Waals surface area contributed by atoms with Crippen LogP contribution < -0.4 is 5.56 Å². The quantitative estimate of drug-likeness (QED) is 0.543. The summed E-state index contributed by atoms with van der Waals surface area (Å²) in [5, 5.41) is 4.46. The van der Waals surface area contributed by atoms with Gasteiger partial charge in [0.15, 0.2) is 0 Å². The molecule has 0 bridgehead atoms. The van der Waals surface area contributed by atoms with Crippen molar-refractivity contribution in [1.29, 1.82) is 0 Å². The van der Waals surface area contributed by atoms with Crippen LogP contribution in [0.3, 0.4) is 0 Å². The average Bonchev–Trinajstić information content (AvgIpc) is 2.79. The summed E-state index contributed by atoms with van der Waals surface area (Å²) in [6.45, 7) is 3.64. The van der Waals surface area contributed by atoms with Crippen LogP contribution in [0.2, 0.25) is 0 Å². The van der Waals surface area contributed by atoms with Crippen LogP contribution in [0.4, 0.5) is 0 Å². The van der Waals surface area contributed by atoms with Crippen molar-refractivity contribution in [3.63, 3.8) is 0 Å². The minimum Gasteiger partial charge on any atom is -0.465 e. The van der Waals surface area contributed by atoms with Gasteiger partial charge in [-0.15, -0.1) is 0 Å². The van der Waals surface area contributed by atoms with E-state index in [2.05, 4.69) is 5.10 Å². The topological polar surface area (TPSA) is 87.5 Å². The number of methoxy groups -OCH3 is 1. The summed E-state index contributed by atoms with van der Waals surface area (Å²) in [7, 11) is 1.21. The molecule has 0 aliphatic rings. The standard InChI is InChI=1S/C24H24N2O5/c1-16(2)15-31-19(27)14-26-23(28)21(24(29)30-3)20(17-10-6-4-7-11-17)22(25-26)18-12-8-5-9-13-18/h4-13,16H,14-15H2,1-3H3. The van der Waals surface area contributed by atoms with E-state index in [-0.39, 0.29) is 18.1 Å². The lowest BCUT2D eigenvalue weighted by Crippen LogP contribution is -2.33. The van der Waals surface area contributed by atoms with E-state index in [1.165, 1.54) is 7.11 Å². The highest BCUT2D eigenvalue weighted by Crippen LogP contribution is 2.32. The first kappa shape index (κ1) is 22.0. The Morgan fingerprint density at radius 1 is 0.968 bits per heavy atom. The number of carbonyl (C=O) groups excluding carboxylic acids is 2. The van der Waals surface area contributed by atoms with Gasteiger partial charge in [-0.25, -0.2) is 9.48 Å². The molecule has 1 aromatic heterocycles. The summed E-state index contributed by atoms with van der Waals surface area (Å²) in [6, 6.07) is 18.2. The van der Waals surface area contributed by atoms with Crippen molar-refractivity contribution in [2.24, 2.45) is 5.92 Å². The van der Waals surface area contributed by atoms with Crippen LogP contribution in [0.15, 0.2) is 65.5 Å². The maximum absolute atomic E-state index is 13.2. The molecule has 7 heteroatoms. The van der Waals surface area contributed by atoms with Gasteiger partial charge in [-0.3, -0.25) is 9.59 Å². The Balaban J connectivity index is 2.25. The molecule has 31 heavy (non-hydrogen) atoms. The molecule has 0 radical (unpaired) electrons. The highest BCUT2D eigenvalue weighted by Gasteiger charge is 2.26. The SMILES string of the molecule is COC(=O)c1c(-c2ccccc2)c(-c2ccccc2)nn(CC(=O)OCC(C)C)c1=O. The van der Waals surface area contributed by atoms with E-state index in [4.69, 9.17) is 9.47 Å². The third-order valence-corrected chi connectivity index (χ3v) is 4.51. The smallest absolute Gasteiger partial charge is 0.344 e. The van der Waals surface area contributed by atoms with Gasteiger partial charge in [-0.1, -0.05) is 74.5 Å². The van der Waals surface area contributed by atoms with Crippen LogP contribution in [0.25, 0.3) is 22.4 Å². The van der Waals surface area contributed by atoms with Gasteiger partial charge in [0.2, 0.25) is 0 Å². The van der Waals surface area contributed by atoms with Crippen LogP contribution in [0.5, 0.6) is 0 Å². The molecule has 7 nitrogen and oxygen atoms in total. The zero-order chi connectivity index (χ0) is 22.4. The second kappa shape index (κ2) is 9.84. The summed E-state index contributed by atoms with van der Waals surface area (Å²) in [5.74, 6) is -1.25. The third kappa shape index (κ3) is 5.06. The van der Waals surface area contributed by atoms with Crippen molar-refractivity contribution >= 4 is 11.9 Å². The first-order valence-corrected chi connectivity index (χ1v) is 9.92. The van der Waals surface area contributed by atoms with Gasteiger partial charge in [-0.2, -0.15) is 5.10 Å². The van der Waals surface area contributed by atoms with E-state index in [1.807, 2.05) is 50.2 Å². The molecule has 2 aromatic carbocycles. The Kier molecular flexibility index (Phi) is 6.97. The Labute approximate surface area is 180 Å². The molecule has 0 spiro atoms. The number of nitrogens with zero attached hydrogens (tertiary/aromatic N) is 2. The first-order valence-electron chi connectivity index (χ1n) is 9.92. The van der Waals surface area contributed by atoms with Crippen LogP contribution in [-0.2, 0) is 20.8 Å². The van der Waals surface area contributed by atoms with Crippen molar-refractivity contribution in [2.75, 3.05) is 13.7 Å². The minimum absolute atomic E-state index is 0.152. The van der Waals surface area contributed by atoms with Gasteiger partial charge >= 0.3 is 11.9 Å². The molecule has 160 valence electrons. The number of hydrogen-bond donors (Lipinski definition) is 0. The summed E-state index contributed by atoms with van der Waals surface area (Å²) in [6.07, 6.45) is 0. The third-order valence-electron chi connectivity index (χ3n) is 4.51. The second-order valence-corrected chi connectivity index (χ2v) is 7.36. The molecule has 0 saturated carbocycles. The minimum atomic E-state index is -0.798. The number of ether oxygens (including phenoxy) is 2. The maximum atomic E-state index is 13.2. The molecular weight excluding hydrogens is 396 g/mol. The van der Waals surface area contributed by atoms with Gasteiger partial charge < -0.3 is 9.47 Å². The monoisotopic (exact) mass is 420 g/mol. The Morgan fingerprint density at radius 3 is 2.10 bits per heavy atom. The van der Waals surface area contributed by atoms with Gasteiger partial charge in [0.1, 0.15) is 12.1 Å². The summed E-state index contributed by atoms with van der Waals surface area (Å²) < 4.78 is 11.1. The maximum Gasteiger partial charge on any atom is 0.344 e. The molecule has 3 aromatic rings. The van der Waals surface area contributed by atoms with Crippen LogP contribution in [0, 0.1) is 5.92 Å². The highest BCUT2D eigenvalue weighted by atomic mass is 16.5. The number of rotatable bonds is 7. The van der Waals surface area contributed by atoms with E-state index in [0.717, 1.165) is 4.68 Å². The number of benzene rings is 2. The van der Waals surface area contributed by atoms with Crippen LogP contribution in [0.1, 0.15) is 24.2 Å². The van der Waals surface area contributed by atoms with Gasteiger partial charge in [-0.05, 0) is 11.5 Å². The number of esters is 2. The zero-order valence-corrected chi connectivity index (χ0v) is 17.7. The summed E-state index contributed by atoms with van der Waals surface area (Å²) in [5.41, 5.74) is 1.18. The summed E-state index contributed by atoms with van der Waals surface area (Å²) >= 11 is 0. The largest absolute Gasteiger partial charge is 0.465 e. The van der Waals surface area contributed by atoms with E-state index >= 15 is 0 Å². The van der Waals surface area contributed by atoms with E-state index in [1.54, 1.807) is 24.3 Å². The fraction of sp³-hybridized carbons (Fsp3) is 0.250. The lowest BCUT2D eigenvalue weighted by Gasteiger charge is -2.16. The molecule has 0 fully saturated rings. The van der Waals surface area contributed by atoms with E-state index in [0.29, 0.717) is 22.4 Å². The van der Waals surface area contributed by atoms with Crippen LogP contribution in [-0.4, -0.2) is 35.4 Å². The fourth-order valence-electron chi connectivity index (χ4n) is 3.08. The lowest BCUT2D eigenvalue weighted by molar-refractivity contribution is -0.145. The number of hydrogen-bond acceptors (Lipinski definition) is 6. The normalized spacial score (nSPS) is 10.7. The van der Waals surface area contributed by atoms with Gasteiger partial charge in [0.25, 0.3) is 5.56 Å². The van der Waals surface area contributed by atoms with Gasteiger partial charge in [0.05, 0.1) is 19.4 Å². The van der Waals surface area contributed by atoms with Crippen molar-refractivity contribution in [1.82, 2.24) is 9.78 Å². The molecule has 0 aliphatic carbocycles. The molecule has 3 rings (SSSR count). The predicted molar refractivity (Wildman–Crippen MR) is 117 cm³/mol. The fourth-order valence-corrected chi connectivity index (χ4v) is 3.08. The molecule has 0 aliphatic heterocycles.